The van der Waals surface area contributed by atoms with Gasteiger partial charge in [0.05, 0.1) is 12.6 Å². The van der Waals surface area contributed by atoms with Crippen molar-refractivity contribution in [2.24, 2.45) is 0 Å². The van der Waals surface area contributed by atoms with Gasteiger partial charge in [0, 0.05) is 13.1 Å². The molecule has 0 atom stereocenters. The van der Waals surface area contributed by atoms with E-state index in [1.54, 1.807) is 11.9 Å². The minimum absolute atomic E-state index is 0.0737. The quantitative estimate of drug-likeness (QED) is 0.877. The van der Waals surface area contributed by atoms with E-state index < -0.39 is 0 Å². The number of carbonyl (C=O) groups is 1. The number of likely N-dealkylation sites (N-methyl/N-ethyl adjacent to an activating group) is 1. The Labute approximate surface area is 138 Å². The Morgan fingerprint density at radius 2 is 1.83 bits per heavy atom. The summed E-state index contributed by atoms with van der Waals surface area (Å²) >= 11 is 0. The molecule has 0 aromatic heterocycles. The van der Waals surface area contributed by atoms with E-state index in [4.69, 9.17) is 4.74 Å². The van der Waals surface area contributed by atoms with Gasteiger partial charge in [-0.1, -0.05) is 6.07 Å². The van der Waals surface area contributed by atoms with Crippen molar-refractivity contribution in [3.05, 3.63) is 29.3 Å². The molecule has 5 heteroatoms. The highest BCUT2D eigenvalue weighted by atomic mass is 16.5. The number of aliphatic hydroxyl groups excluding tert-OH is 1. The van der Waals surface area contributed by atoms with Crippen LogP contribution in [0.1, 0.15) is 36.8 Å². The van der Waals surface area contributed by atoms with E-state index in [1.807, 2.05) is 26.0 Å². The van der Waals surface area contributed by atoms with Crippen LogP contribution in [0, 0.1) is 13.8 Å². The van der Waals surface area contributed by atoms with Crippen molar-refractivity contribution in [3.8, 4) is 5.75 Å². The standard InChI is InChI=1S/C18H28N2O3/c1-13-10-14(2)12-17(11-13)23-9-8-20(3)18(22)19-15-4-6-16(21)7-5-15/h10-12,15-16,21H,4-9H2,1-3H3,(H,19,22). The normalized spacial score (nSPS) is 20.9. The second-order valence-corrected chi connectivity index (χ2v) is 6.55. The van der Waals surface area contributed by atoms with E-state index in [0.717, 1.165) is 31.4 Å². The molecule has 5 nitrogen and oxygen atoms in total. The van der Waals surface area contributed by atoms with Crippen LogP contribution >= 0.6 is 0 Å². The number of urea groups is 1. The SMILES string of the molecule is Cc1cc(C)cc(OCCN(C)C(=O)NC2CCC(O)CC2)c1. The van der Waals surface area contributed by atoms with Gasteiger partial charge in [0.15, 0.2) is 0 Å². The topological polar surface area (TPSA) is 61.8 Å². The van der Waals surface area contributed by atoms with Gasteiger partial charge in [-0.25, -0.2) is 4.79 Å². The summed E-state index contributed by atoms with van der Waals surface area (Å²) in [4.78, 5) is 13.8. The summed E-state index contributed by atoms with van der Waals surface area (Å²) in [6, 6.07) is 6.21. The van der Waals surface area contributed by atoms with Crippen LogP contribution in [0.3, 0.4) is 0 Å². The first-order valence-corrected chi connectivity index (χ1v) is 8.35. The molecule has 0 unspecified atom stereocenters. The molecule has 1 aromatic carbocycles. The number of ether oxygens (including phenoxy) is 1. The highest BCUT2D eigenvalue weighted by molar-refractivity contribution is 5.74. The molecule has 0 bridgehead atoms. The fourth-order valence-corrected chi connectivity index (χ4v) is 2.92. The lowest BCUT2D eigenvalue weighted by Crippen LogP contribution is -2.45. The van der Waals surface area contributed by atoms with Crippen molar-refractivity contribution >= 4 is 6.03 Å². The third kappa shape index (κ3) is 5.75. The smallest absolute Gasteiger partial charge is 0.317 e. The minimum atomic E-state index is -0.202. The van der Waals surface area contributed by atoms with E-state index in [1.165, 1.54) is 11.1 Å². The van der Waals surface area contributed by atoms with Gasteiger partial charge in [-0.2, -0.15) is 0 Å². The zero-order chi connectivity index (χ0) is 16.8. The molecule has 0 saturated heterocycles. The predicted octanol–water partition coefficient (Wildman–Crippen LogP) is 2.63. The van der Waals surface area contributed by atoms with Gasteiger partial charge in [0.1, 0.15) is 12.4 Å². The van der Waals surface area contributed by atoms with Crippen molar-refractivity contribution in [1.82, 2.24) is 10.2 Å². The molecule has 0 radical (unpaired) electrons. The zero-order valence-electron chi connectivity index (χ0n) is 14.3. The van der Waals surface area contributed by atoms with Crippen LogP contribution in [0.2, 0.25) is 0 Å². The third-order valence-corrected chi connectivity index (χ3v) is 4.26. The molecule has 1 saturated carbocycles. The van der Waals surface area contributed by atoms with Gasteiger partial charge in [0.2, 0.25) is 0 Å². The first-order chi connectivity index (χ1) is 10.9. The predicted molar refractivity (Wildman–Crippen MR) is 90.8 cm³/mol. The number of aryl methyl sites for hydroxylation is 2. The summed E-state index contributed by atoms with van der Waals surface area (Å²) in [5, 5.41) is 12.5. The maximum atomic E-state index is 12.1. The van der Waals surface area contributed by atoms with Crippen LogP contribution in [0.4, 0.5) is 4.79 Å². The molecule has 23 heavy (non-hydrogen) atoms. The molecule has 2 amide bonds. The Kier molecular flexibility index (Phi) is 6.28. The van der Waals surface area contributed by atoms with Gasteiger partial charge < -0.3 is 20.1 Å². The average Bonchev–Trinajstić information content (AvgIpc) is 2.48. The first kappa shape index (κ1) is 17.6. The van der Waals surface area contributed by atoms with Gasteiger partial charge in [-0.15, -0.1) is 0 Å². The van der Waals surface area contributed by atoms with Crippen molar-refractivity contribution in [1.29, 1.82) is 0 Å². The van der Waals surface area contributed by atoms with Crippen molar-refractivity contribution in [2.45, 2.75) is 51.7 Å². The van der Waals surface area contributed by atoms with Crippen LogP contribution in [0.5, 0.6) is 5.75 Å². The number of nitrogens with one attached hydrogen (secondary N) is 1. The average molecular weight is 320 g/mol. The zero-order valence-corrected chi connectivity index (χ0v) is 14.3. The second-order valence-electron chi connectivity index (χ2n) is 6.55. The lowest BCUT2D eigenvalue weighted by Gasteiger charge is -2.28. The maximum absolute atomic E-state index is 12.1. The summed E-state index contributed by atoms with van der Waals surface area (Å²) in [7, 11) is 1.78. The molecule has 0 spiro atoms. The van der Waals surface area contributed by atoms with Crippen LogP contribution in [0.25, 0.3) is 0 Å². The van der Waals surface area contributed by atoms with Gasteiger partial charge >= 0.3 is 6.03 Å². The number of hydrogen-bond acceptors (Lipinski definition) is 3. The molecule has 128 valence electrons. The summed E-state index contributed by atoms with van der Waals surface area (Å²) < 4.78 is 5.74. The Balaban J connectivity index is 1.71. The van der Waals surface area contributed by atoms with E-state index in [2.05, 4.69) is 11.4 Å². The van der Waals surface area contributed by atoms with Crippen molar-refractivity contribution < 1.29 is 14.6 Å². The van der Waals surface area contributed by atoms with E-state index in [-0.39, 0.29) is 18.2 Å². The molecule has 0 aliphatic heterocycles. The number of aliphatic hydroxyl groups is 1. The summed E-state index contributed by atoms with van der Waals surface area (Å²) in [5.74, 6) is 0.845. The number of carbonyl (C=O) groups excluding carboxylic acids is 1. The van der Waals surface area contributed by atoms with E-state index in [9.17, 15) is 9.90 Å². The Morgan fingerprint density at radius 3 is 2.43 bits per heavy atom. The molecular weight excluding hydrogens is 292 g/mol. The Morgan fingerprint density at radius 1 is 1.22 bits per heavy atom. The van der Waals surface area contributed by atoms with Crippen LogP contribution in [-0.4, -0.2) is 48.4 Å². The fourth-order valence-electron chi connectivity index (χ4n) is 2.92. The summed E-state index contributed by atoms with van der Waals surface area (Å²) in [5.41, 5.74) is 2.34. The summed E-state index contributed by atoms with van der Waals surface area (Å²) in [6.45, 7) is 5.09. The lowest BCUT2D eigenvalue weighted by molar-refractivity contribution is 0.115. The minimum Gasteiger partial charge on any atom is -0.492 e. The van der Waals surface area contributed by atoms with Gasteiger partial charge in [-0.3, -0.25) is 0 Å². The molecule has 2 N–H and O–H groups in total. The van der Waals surface area contributed by atoms with E-state index in [0.29, 0.717) is 13.2 Å². The number of rotatable bonds is 5. The van der Waals surface area contributed by atoms with Crippen LogP contribution in [0.15, 0.2) is 18.2 Å². The largest absolute Gasteiger partial charge is 0.492 e. The summed E-state index contributed by atoms with van der Waals surface area (Å²) in [6.07, 6.45) is 3.03. The highest BCUT2D eigenvalue weighted by Gasteiger charge is 2.21. The Hall–Kier alpha value is -1.75. The molecular formula is C18H28N2O3. The van der Waals surface area contributed by atoms with Crippen LogP contribution < -0.4 is 10.1 Å². The third-order valence-electron chi connectivity index (χ3n) is 4.26. The van der Waals surface area contributed by atoms with E-state index >= 15 is 0 Å². The number of benzene rings is 1. The maximum Gasteiger partial charge on any atom is 0.317 e. The molecule has 2 rings (SSSR count). The van der Waals surface area contributed by atoms with Crippen molar-refractivity contribution in [2.75, 3.05) is 20.2 Å². The molecule has 1 fully saturated rings. The fraction of sp³-hybridized carbons (Fsp3) is 0.611. The molecule has 1 aromatic rings. The monoisotopic (exact) mass is 320 g/mol. The van der Waals surface area contributed by atoms with Crippen LogP contribution in [-0.2, 0) is 0 Å². The van der Waals surface area contributed by atoms with Gasteiger partial charge in [-0.05, 0) is 62.8 Å². The molecule has 0 heterocycles. The number of hydrogen-bond donors (Lipinski definition) is 2. The highest BCUT2D eigenvalue weighted by Crippen LogP contribution is 2.18. The molecule has 1 aliphatic rings. The number of nitrogens with zero attached hydrogens (tertiary/aromatic N) is 1. The van der Waals surface area contributed by atoms with Crippen molar-refractivity contribution in [3.63, 3.8) is 0 Å². The Bertz CT molecular complexity index is 505. The lowest BCUT2D eigenvalue weighted by atomic mass is 9.93. The number of amides is 2. The second kappa shape index (κ2) is 8.20. The first-order valence-electron chi connectivity index (χ1n) is 8.35. The molecule has 1 aliphatic carbocycles. The van der Waals surface area contributed by atoms with Gasteiger partial charge in [0.25, 0.3) is 0 Å².